The largest absolute Gasteiger partial charge is 0.369 e. The van der Waals surface area contributed by atoms with E-state index in [9.17, 15) is 0 Å². The van der Waals surface area contributed by atoms with Gasteiger partial charge in [-0.2, -0.15) is 0 Å². The molecule has 5 nitrogen and oxygen atoms in total. The molecule has 1 aromatic carbocycles. The van der Waals surface area contributed by atoms with Gasteiger partial charge in [-0.3, -0.25) is 4.98 Å². The number of nitrogen functional groups attached to an aromatic ring is 1. The molecule has 0 spiro atoms. The van der Waals surface area contributed by atoms with Crippen molar-refractivity contribution >= 4 is 17.0 Å². The van der Waals surface area contributed by atoms with Gasteiger partial charge in [-0.25, -0.2) is 4.98 Å². The minimum absolute atomic E-state index is 0.495. The highest BCUT2D eigenvalue weighted by Gasteiger charge is 2.09. The fourth-order valence-corrected chi connectivity index (χ4v) is 2.13. The monoisotopic (exact) mass is 253 g/mol. The average Bonchev–Trinajstić information content (AvgIpc) is 2.76. The Labute approximate surface area is 110 Å². The molecule has 0 fully saturated rings. The van der Waals surface area contributed by atoms with Gasteiger partial charge in [0.15, 0.2) is 0 Å². The smallest absolute Gasteiger partial charge is 0.201 e. The van der Waals surface area contributed by atoms with Crippen LogP contribution in [0, 0.1) is 0 Å². The number of hydrogen-bond donors (Lipinski definition) is 2. The second-order valence-electron chi connectivity index (χ2n) is 4.40. The van der Waals surface area contributed by atoms with Crippen molar-refractivity contribution in [3.05, 3.63) is 53.9 Å². The quantitative estimate of drug-likeness (QED) is 0.741. The van der Waals surface area contributed by atoms with Gasteiger partial charge in [0, 0.05) is 12.7 Å². The summed E-state index contributed by atoms with van der Waals surface area (Å²) in [5.74, 6) is 0.495. The van der Waals surface area contributed by atoms with E-state index in [1.807, 2.05) is 41.0 Å². The molecule has 0 amide bonds. The number of nitrogens with two attached hydrogens (primary N) is 2. The first-order valence-electron chi connectivity index (χ1n) is 6.12. The van der Waals surface area contributed by atoms with Crippen LogP contribution in [0.15, 0.2) is 42.6 Å². The number of anilines is 1. The van der Waals surface area contributed by atoms with E-state index < -0.39 is 0 Å². The Morgan fingerprint density at radius 1 is 1.16 bits per heavy atom. The Morgan fingerprint density at radius 3 is 2.79 bits per heavy atom. The zero-order chi connectivity index (χ0) is 13.2. The van der Waals surface area contributed by atoms with Gasteiger partial charge >= 0.3 is 0 Å². The first kappa shape index (κ1) is 11.7. The molecule has 2 aromatic heterocycles. The van der Waals surface area contributed by atoms with Crippen molar-refractivity contribution in [3.63, 3.8) is 0 Å². The molecule has 0 aliphatic heterocycles. The van der Waals surface area contributed by atoms with Crippen LogP contribution in [0.2, 0.25) is 0 Å². The summed E-state index contributed by atoms with van der Waals surface area (Å²) in [6.07, 6.45) is 1.77. The van der Waals surface area contributed by atoms with Crippen LogP contribution in [-0.2, 0) is 13.1 Å². The molecule has 0 aliphatic carbocycles. The third kappa shape index (κ3) is 2.15. The molecule has 5 heteroatoms. The lowest BCUT2D eigenvalue weighted by molar-refractivity contribution is 0.809. The highest BCUT2D eigenvalue weighted by Crippen LogP contribution is 2.20. The Bertz CT molecular complexity index is 702. The zero-order valence-corrected chi connectivity index (χ0v) is 10.5. The van der Waals surface area contributed by atoms with Crippen molar-refractivity contribution in [1.29, 1.82) is 0 Å². The van der Waals surface area contributed by atoms with Crippen LogP contribution in [0.25, 0.3) is 11.0 Å². The summed E-state index contributed by atoms with van der Waals surface area (Å²) in [4.78, 5) is 8.67. The van der Waals surface area contributed by atoms with Crippen LogP contribution in [-0.4, -0.2) is 14.5 Å². The lowest BCUT2D eigenvalue weighted by atomic mass is 10.2. The Morgan fingerprint density at radius 2 is 2.05 bits per heavy atom. The normalized spacial score (nSPS) is 11.0. The molecular weight excluding hydrogens is 238 g/mol. The van der Waals surface area contributed by atoms with Gasteiger partial charge in [-0.05, 0) is 29.8 Å². The Balaban J connectivity index is 2.09. The maximum Gasteiger partial charge on any atom is 0.201 e. The van der Waals surface area contributed by atoms with Gasteiger partial charge in [0.05, 0.1) is 23.3 Å². The van der Waals surface area contributed by atoms with Crippen LogP contribution >= 0.6 is 0 Å². The summed E-state index contributed by atoms with van der Waals surface area (Å²) in [5.41, 5.74) is 15.5. The van der Waals surface area contributed by atoms with Gasteiger partial charge in [0.1, 0.15) is 0 Å². The van der Waals surface area contributed by atoms with Gasteiger partial charge in [0.25, 0.3) is 0 Å². The molecule has 19 heavy (non-hydrogen) atoms. The molecule has 0 radical (unpaired) electrons. The number of nitrogens with zero attached hydrogens (tertiary/aromatic N) is 3. The van der Waals surface area contributed by atoms with Crippen molar-refractivity contribution in [1.82, 2.24) is 14.5 Å². The van der Waals surface area contributed by atoms with Crippen LogP contribution in [0.1, 0.15) is 11.3 Å². The van der Waals surface area contributed by atoms with Crippen molar-refractivity contribution < 1.29 is 0 Å². The van der Waals surface area contributed by atoms with E-state index in [0.717, 1.165) is 22.3 Å². The van der Waals surface area contributed by atoms with Crippen LogP contribution in [0.4, 0.5) is 5.95 Å². The van der Waals surface area contributed by atoms with Gasteiger partial charge in [-0.1, -0.05) is 12.1 Å². The molecule has 96 valence electrons. The zero-order valence-electron chi connectivity index (χ0n) is 10.5. The Kier molecular flexibility index (Phi) is 2.89. The van der Waals surface area contributed by atoms with Crippen LogP contribution in [0.5, 0.6) is 0 Å². The predicted octanol–water partition coefficient (Wildman–Crippen LogP) is 1.52. The third-order valence-electron chi connectivity index (χ3n) is 3.12. The van der Waals surface area contributed by atoms with Crippen molar-refractivity contribution in [2.75, 3.05) is 5.73 Å². The fourth-order valence-electron chi connectivity index (χ4n) is 2.13. The number of benzene rings is 1. The summed E-state index contributed by atoms with van der Waals surface area (Å²) >= 11 is 0. The summed E-state index contributed by atoms with van der Waals surface area (Å²) in [6, 6.07) is 11.8. The molecule has 3 rings (SSSR count). The summed E-state index contributed by atoms with van der Waals surface area (Å²) < 4.78 is 1.96. The molecule has 4 N–H and O–H groups in total. The molecule has 0 unspecified atom stereocenters. The topological polar surface area (TPSA) is 82.7 Å². The molecular formula is C14H15N5. The lowest BCUT2D eigenvalue weighted by Crippen LogP contribution is -2.06. The number of fused-ring (bicyclic) bond motifs is 1. The van der Waals surface area contributed by atoms with E-state index in [0.29, 0.717) is 19.0 Å². The second kappa shape index (κ2) is 4.70. The second-order valence-corrected chi connectivity index (χ2v) is 4.40. The molecule has 0 aliphatic rings. The first-order chi connectivity index (χ1) is 9.28. The predicted molar refractivity (Wildman–Crippen MR) is 75.4 cm³/mol. The number of pyridine rings is 1. The summed E-state index contributed by atoms with van der Waals surface area (Å²) in [6.45, 7) is 1.11. The minimum atomic E-state index is 0.495. The molecule has 0 bridgehead atoms. The fraction of sp³-hybridized carbons (Fsp3) is 0.143. The first-order valence-corrected chi connectivity index (χ1v) is 6.12. The van der Waals surface area contributed by atoms with Gasteiger partial charge in [0.2, 0.25) is 5.95 Å². The van der Waals surface area contributed by atoms with Gasteiger partial charge < -0.3 is 16.0 Å². The van der Waals surface area contributed by atoms with E-state index in [4.69, 9.17) is 11.5 Å². The van der Waals surface area contributed by atoms with Crippen molar-refractivity contribution in [3.8, 4) is 0 Å². The highest BCUT2D eigenvalue weighted by atomic mass is 15.2. The molecule has 0 saturated heterocycles. The van der Waals surface area contributed by atoms with E-state index in [1.54, 1.807) is 6.20 Å². The van der Waals surface area contributed by atoms with Crippen molar-refractivity contribution in [2.24, 2.45) is 5.73 Å². The lowest BCUT2D eigenvalue weighted by Gasteiger charge is -2.06. The standard InChI is InChI=1S/C14H15N5/c15-8-10-4-5-12-13(7-10)19(14(16)18-12)9-11-3-1-2-6-17-11/h1-7H,8-9,15H2,(H2,16,18). The maximum atomic E-state index is 5.99. The molecule has 2 heterocycles. The SMILES string of the molecule is NCc1ccc2nc(N)n(Cc3ccccn3)c2c1. The number of hydrogen-bond acceptors (Lipinski definition) is 4. The van der Waals surface area contributed by atoms with Gasteiger partial charge in [-0.15, -0.1) is 0 Å². The highest BCUT2D eigenvalue weighted by molar-refractivity contribution is 5.79. The Hall–Kier alpha value is -2.40. The summed E-state index contributed by atoms with van der Waals surface area (Å²) in [7, 11) is 0. The average molecular weight is 253 g/mol. The molecule has 0 atom stereocenters. The third-order valence-corrected chi connectivity index (χ3v) is 3.12. The van der Waals surface area contributed by atoms with E-state index >= 15 is 0 Å². The molecule has 0 saturated carbocycles. The number of aromatic nitrogens is 3. The number of rotatable bonds is 3. The van der Waals surface area contributed by atoms with Crippen LogP contribution < -0.4 is 11.5 Å². The van der Waals surface area contributed by atoms with Crippen molar-refractivity contribution in [2.45, 2.75) is 13.1 Å². The van der Waals surface area contributed by atoms with E-state index in [1.165, 1.54) is 0 Å². The van der Waals surface area contributed by atoms with E-state index in [-0.39, 0.29) is 0 Å². The van der Waals surface area contributed by atoms with Crippen LogP contribution in [0.3, 0.4) is 0 Å². The number of imidazole rings is 1. The maximum absolute atomic E-state index is 5.99. The summed E-state index contributed by atoms with van der Waals surface area (Å²) in [5, 5.41) is 0. The molecule has 3 aromatic rings. The van der Waals surface area contributed by atoms with E-state index in [2.05, 4.69) is 9.97 Å². The minimum Gasteiger partial charge on any atom is -0.369 e.